The summed E-state index contributed by atoms with van der Waals surface area (Å²) in [5.41, 5.74) is -2.46. The van der Waals surface area contributed by atoms with E-state index >= 15 is 0 Å². The number of hydrogen-bond acceptors (Lipinski definition) is 16. The van der Waals surface area contributed by atoms with Crippen molar-refractivity contribution in [3.8, 4) is 6.07 Å². The molecule has 0 spiro atoms. The van der Waals surface area contributed by atoms with Crippen molar-refractivity contribution in [1.29, 1.82) is 5.26 Å². The van der Waals surface area contributed by atoms with Crippen LogP contribution in [0.1, 0.15) is 92.9 Å². The molecule has 20 heteroatoms. The highest BCUT2D eigenvalue weighted by Crippen LogP contribution is 2.50. The van der Waals surface area contributed by atoms with Crippen LogP contribution in [-0.4, -0.2) is 90.2 Å². The Morgan fingerprint density at radius 2 is 1.65 bits per heavy atom. The van der Waals surface area contributed by atoms with E-state index in [9.17, 15) is 37.7 Å². The fourth-order valence-corrected chi connectivity index (χ4v) is 10.2. The molecule has 3 heterocycles. The van der Waals surface area contributed by atoms with Gasteiger partial charge in [-0.25, -0.2) is 13.4 Å². The van der Waals surface area contributed by atoms with Crippen molar-refractivity contribution >= 4 is 63.7 Å². The number of nitriles is 1. The number of nitrogens with zero attached hydrogens (tertiary/aromatic N) is 3. The second-order valence-electron chi connectivity index (χ2n) is 16.0. The summed E-state index contributed by atoms with van der Waals surface area (Å²) >= 11 is 6.48. The first-order chi connectivity index (χ1) is 25.5. The molecule has 1 aliphatic carbocycles. The lowest BCUT2D eigenvalue weighted by Crippen LogP contribution is -2.40. The van der Waals surface area contributed by atoms with Crippen LogP contribution in [0.15, 0.2) is 12.3 Å². The number of rotatable bonds is 15. The third-order valence-electron chi connectivity index (χ3n) is 8.82. The Balaban J connectivity index is 1.64. The highest BCUT2D eigenvalue weighted by molar-refractivity contribution is 7.97. The van der Waals surface area contributed by atoms with Crippen molar-refractivity contribution in [3.63, 3.8) is 0 Å². The summed E-state index contributed by atoms with van der Waals surface area (Å²) in [7, 11) is -9.33. The first-order valence-electron chi connectivity index (χ1n) is 17.8. The number of carbonyl (C=O) groups excluding carboxylic acids is 3. The molecule has 0 aromatic carbocycles. The van der Waals surface area contributed by atoms with Crippen LogP contribution in [0.3, 0.4) is 0 Å². The van der Waals surface area contributed by atoms with Gasteiger partial charge in [-0.2, -0.15) is 5.26 Å². The van der Waals surface area contributed by atoms with Gasteiger partial charge in [-0.3, -0.25) is 28.0 Å². The Morgan fingerprint density at radius 1 is 1.09 bits per heavy atom. The molecule has 2 fully saturated rings. The number of fused-ring (bicyclic) bond motifs is 1. The Kier molecular flexibility index (Phi) is 14.1. The van der Waals surface area contributed by atoms with Gasteiger partial charge in [0.15, 0.2) is 32.8 Å². The number of anilines is 1. The Labute approximate surface area is 325 Å². The van der Waals surface area contributed by atoms with Crippen molar-refractivity contribution in [3.05, 3.63) is 23.0 Å². The molecule has 306 valence electrons. The third kappa shape index (κ3) is 11.2. The maximum absolute atomic E-state index is 13.9. The molecule has 0 bridgehead atoms. The number of sulfone groups is 1. The molecule has 17 nitrogen and oxygen atoms in total. The van der Waals surface area contributed by atoms with Gasteiger partial charge in [0, 0.05) is 17.6 Å². The number of pyridine rings is 1. The van der Waals surface area contributed by atoms with Gasteiger partial charge in [-0.15, -0.1) is 0 Å². The van der Waals surface area contributed by atoms with E-state index in [1.54, 1.807) is 61.5 Å². The molecule has 4 atom stereocenters. The summed E-state index contributed by atoms with van der Waals surface area (Å²) in [6, 6.07) is 3.84. The van der Waals surface area contributed by atoms with Crippen molar-refractivity contribution < 1.29 is 60.5 Å². The number of aromatic nitrogens is 2. The molecule has 1 saturated carbocycles. The van der Waals surface area contributed by atoms with E-state index in [0.717, 1.165) is 25.7 Å². The number of aliphatic hydroxyl groups excluding tert-OH is 1. The molecule has 2 aromatic rings. The van der Waals surface area contributed by atoms with E-state index in [1.807, 2.05) is 0 Å². The van der Waals surface area contributed by atoms with Crippen LogP contribution in [0.2, 0.25) is 5.15 Å². The smallest absolute Gasteiger partial charge is 0.351 e. The molecular weight excluding hydrogens is 783 g/mol. The second kappa shape index (κ2) is 17.5. The maximum atomic E-state index is 13.9. The van der Waals surface area contributed by atoms with Gasteiger partial charge in [0.2, 0.25) is 13.6 Å². The minimum Gasteiger partial charge on any atom is -0.456 e. The molecular formula is C35H50ClN4O13PS. The molecule has 0 amide bonds. The summed E-state index contributed by atoms with van der Waals surface area (Å²) in [5, 5.41) is 25.3. The summed E-state index contributed by atoms with van der Waals surface area (Å²) in [6.45, 7) is 10.6. The number of esters is 3. The SMILES string of the molecule is CC(C)C(=O)O[C@H]1[C@@H](O)[C@H](n2ccc3c(NC4CCCC4)c(C#N)c(Cl)nc32)O[C@@H]1CS(=O)(=O)CP(=O)(OCOC(=O)C(C)(C)C)OCOC(=O)C(C)(C)C. The lowest BCUT2D eigenvalue weighted by molar-refractivity contribution is -0.162. The first-order valence-corrected chi connectivity index (χ1v) is 21.7. The molecule has 2 aromatic heterocycles. The number of aliphatic hydroxyl groups is 1. The van der Waals surface area contributed by atoms with Crippen LogP contribution in [-0.2, 0) is 56.8 Å². The quantitative estimate of drug-likeness (QED) is 0.0748. The molecule has 1 aliphatic heterocycles. The third-order valence-corrected chi connectivity index (χ3v) is 13.8. The molecule has 1 saturated heterocycles. The van der Waals surface area contributed by atoms with Gasteiger partial charge >= 0.3 is 25.5 Å². The zero-order chi connectivity index (χ0) is 41.1. The van der Waals surface area contributed by atoms with Gasteiger partial charge in [0.1, 0.15) is 29.5 Å². The normalized spacial score (nSPS) is 21.1. The van der Waals surface area contributed by atoms with Gasteiger partial charge in [-0.05, 0) is 60.5 Å². The molecule has 2 aliphatic rings. The van der Waals surface area contributed by atoms with E-state index in [2.05, 4.69) is 16.4 Å². The van der Waals surface area contributed by atoms with Crippen LogP contribution in [0.5, 0.6) is 0 Å². The lowest BCUT2D eigenvalue weighted by Gasteiger charge is -2.24. The Hall–Kier alpha value is -3.30. The number of carbonyl (C=O) groups is 3. The Morgan fingerprint density at radius 3 is 2.16 bits per heavy atom. The highest BCUT2D eigenvalue weighted by Gasteiger charge is 2.50. The molecule has 2 N–H and O–H groups in total. The molecule has 0 radical (unpaired) electrons. The van der Waals surface area contributed by atoms with Crippen molar-refractivity contribution in [2.24, 2.45) is 16.7 Å². The summed E-state index contributed by atoms with van der Waals surface area (Å²) < 4.78 is 75.0. The fourth-order valence-electron chi connectivity index (χ4n) is 5.78. The highest BCUT2D eigenvalue weighted by atomic mass is 35.5. The van der Waals surface area contributed by atoms with Crippen LogP contribution in [0.25, 0.3) is 11.0 Å². The number of halogens is 1. The van der Waals surface area contributed by atoms with E-state index in [0.29, 0.717) is 11.1 Å². The standard InChI is InChI=1S/C35H50ClN4O13PS/c1-20(2)31(42)53-27-24(16-55(46,47)19-54(45,50-17-48-32(43)34(3,4)5)51-18-49-33(44)35(6,7)8)52-30(26(27)41)40-14-13-22-25(38-21-11-9-10-12-21)23(15-37)28(36)39-29(22)40/h13-14,20-21,24,26-27,30,41H,9-12,16-19H2,1-8H3,(H,38,39)/t24-,26-,27-,30-/m1/s1. The van der Waals surface area contributed by atoms with Gasteiger partial charge < -0.3 is 33.9 Å². The average molecular weight is 833 g/mol. The van der Waals surface area contributed by atoms with Crippen LogP contribution in [0, 0.1) is 28.1 Å². The number of nitrogens with one attached hydrogen (secondary N) is 1. The van der Waals surface area contributed by atoms with Crippen molar-refractivity contribution in [1.82, 2.24) is 9.55 Å². The van der Waals surface area contributed by atoms with Gasteiger partial charge in [0.25, 0.3) is 0 Å². The summed E-state index contributed by atoms with van der Waals surface area (Å²) in [4.78, 5) is 41.8. The maximum Gasteiger partial charge on any atom is 0.351 e. The first kappa shape index (κ1) is 44.4. The summed E-state index contributed by atoms with van der Waals surface area (Å²) in [6.07, 6.45) is -0.731. The Bertz CT molecular complexity index is 1910. The zero-order valence-corrected chi connectivity index (χ0v) is 34.7. The van der Waals surface area contributed by atoms with Gasteiger partial charge in [0.05, 0.1) is 28.2 Å². The van der Waals surface area contributed by atoms with E-state index < -0.39 is 101 Å². The second-order valence-corrected chi connectivity index (χ2v) is 20.9. The molecule has 55 heavy (non-hydrogen) atoms. The van der Waals surface area contributed by atoms with Crippen molar-refractivity contribution in [2.75, 3.05) is 30.1 Å². The van der Waals surface area contributed by atoms with Crippen LogP contribution in [0.4, 0.5) is 5.69 Å². The molecule has 0 unspecified atom stereocenters. The minimum atomic E-state index is -4.75. The lowest BCUT2D eigenvalue weighted by atomic mass is 9.98. The average Bonchev–Trinajstić information content (AvgIpc) is 3.80. The van der Waals surface area contributed by atoms with E-state index in [4.69, 9.17) is 39.6 Å². The zero-order valence-electron chi connectivity index (χ0n) is 32.2. The largest absolute Gasteiger partial charge is 0.456 e. The van der Waals surface area contributed by atoms with Crippen LogP contribution < -0.4 is 5.32 Å². The summed E-state index contributed by atoms with van der Waals surface area (Å²) in [5.74, 6) is -3.87. The fraction of sp³-hybridized carbons (Fsp3) is 0.686. The van der Waals surface area contributed by atoms with Crippen molar-refractivity contribution in [2.45, 2.75) is 112 Å². The predicted octanol–water partition coefficient (Wildman–Crippen LogP) is 5.43. The minimum absolute atomic E-state index is 0.0971. The van der Waals surface area contributed by atoms with Gasteiger partial charge in [-0.1, -0.05) is 38.3 Å². The predicted molar refractivity (Wildman–Crippen MR) is 199 cm³/mol. The molecule has 4 rings (SSSR count). The topological polar surface area (TPSA) is 232 Å². The monoisotopic (exact) mass is 832 g/mol. The number of hydrogen-bond donors (Lipinski definition) is 2. The number of ether oxygens (including phenoxy) is 4. The van der Waals surface area contributed by atoms with E-state index in [1.165, 1.54) is 10.8 Å². The van der Waals surface area contributed by atoms with E-state index in [-0.39, 0.29) is 22.4 Å². The van der Waals surface area contributed by atoms with Crippen LogP contribution >= 0.6 is 19.2 Å².